The van der Waals surface area contributed by atoms with E-state index >= 15 is 0 Å². The normalized spacial score (nSPS) is 12.9. The first-order valence-corrected chi connectivity index (χ1v) is 12.5. The molecular weight excluding hydrogens is 562 g/mol. The maximum atomic E-state index is 13.2. The highest BCUT2D eigenvalue weighted by molar-refractivity contribution is 7.99. The van der Waals surface area contributed by atoms with Crippen LogP contribution >= 0.6 is 35.0 Å². The molecule has 0 heterocycles. The maximum absolute atomic E-state index is 13.2. The molecule has 37 heavy (non-hydrogen) atoms. The fourth-order valence-electron chi connectivity index (χ4n) is 2.82. The summed E-state index contributed by atoms with van der Waals surface area (Å²) in [5, 5.41) is 23.6. The van der Waals surface area contributed by atoms with Gasteiger partial charge in [-0.1, -0.05) is 0 Å². The summed E-state index contributed by atoms with van der Waals surface area (Å²) in [6.07, 6.45) is -5.64. The van der Waals surface area contributed by atoms with Gasteiger partial charge in [0, 0.05) is 47.3 Å². The van der Waals surface area contributed by atoms with Crippen LogP contribution in [0, 0.1) is 10.1 Å². The number of benzene rings is 2. The number of nitro benzene ring substituents is 1. The van der Waals surface area contributed by atoms with Crippen molar-refractivity contribution in [2.24, 2.45) is 0 Å². The van der Waals surface area contributed by atoms with Gasteiger partial charge in [-0.2, -0.15) is 13.2 Å². The number of hydrogen-bond acceptors (Lipinski definition) is 7. The zero-order valence-corrected chi connectivity index (χ0v) is 21.6. The van der Waals surface area contributed by atoms with Crippen molar-refractivity contribution in [3.8, 4) is 5.75 Å². The molecule has 0 aromatic heterocycles. The molecule has 1 atom stereocenters. The van der Waals surface area contributed by atoms with Gasteiger partial charge in [-0.25, -0.2) is 4.79 Å². The van der Waals surface area contributed by atoms with Crippen LogP contribution in [-0.4, -0.2) is 63.1 Å². The topological polar surface area (TPSA) is 122 Å². The molecule has 2 aromatic carbocycles. The summed E-state index contributed by atoms with van der Waals surface area (Å²) >= 11 is 12.4. The molecule has 15 heteroatoms. The van der Waals surface area contributed by atoms with E-state index < -0.39 is 40.0 Å². The van der Waals surface area contributed by atoms with Crippen LogP contribution in [0.25, 0.3) is 0 Å². The van der Waals surface area contributed by atoms with Gasteiger partial charge in [0.05, 0.1) is 4.92 Å². The van der Waals surface area contributed by atoms with E-state index in [1.807, 2.05) is 0 Å². The molecule has 2 N–H and O–H groups in total. The minimum absolute atomic E-state index is 0.184. The Balaban J connectivity index is 2.01. The number of amides is 2. The van der Waals surface area contributed by atoms with Gasteiger partial charge in [-0.05, 0) is 43.3 Å². The van der Waals surface area contributed by atoms with E-state index in [1.165, 1.54) is 24.0 Å². The molecule has 0 saturated carbocycles. The number of carbonyl (C=O) groups is 2. The van der Waals surface area contributed by atoms with Crippen molar-refractivity contribution >= 4 is 58.3 Å². The summed E-state index contributed by atoms with van der Waals surface area (Å²) in [6, 6.07) is 8.17. The van der Waals surface area contributed by atoms with E-state index in [-0.39, 0.29) is 42.0 Å². The van der Waals surface area contributed by atoms with Crippen molar-refractivity contribution in [1.29, 1.82) is 0 Å². The van der Waals surface area contributed by atoms with Crippen LogP contribution in [0.4, 0.5) is 29.3 Å². The Bertz CT molecular complexity index is 1110. The molecule has 0 unspecified atom stereocenters. The molecule has 0 aliphatic heterocycles. The molecule has 0 aliphatic rings. The Morgan fingerprint density at radius 3 is 2.24 bits per heavy atom. The minimum atomic E-state index is -5.02. The van der Waals surface area contributed by atoms with Crippen molar-refractivity contribution < 1.29 is 37.5 Å². The lowest BCUT2D eigenvalue weighted by atomic mass is 10.1. The molecule has 0 fully saturated rings. The lowest BCUT2D eigenvalue weighted by molar-refractivity contribution is -0.388. The van der Waals surface area contributed by atoms with Gasteiger partial charge in [0.2, 0.25) is 0 Å². The summed E-state index contributed by atoms with van der Waals surface area (Å²) < 4.78 is 44.8. The van der Waals surface area contributed by atoms with Gasteiger partial charge in [0.1, 0.15) is 16.9 Å². The first kappa shape index (κ1) is 30.5. The predicted octanol–water partition coefficient (Wildman–Crippen LogP) is 5.37. The summed E-state index contributed by atoms with van der Waals surface area (Å²) in [6.45, 7) is 1.69. The Kier molecular flexibility index (Phi) is 10.9. The first-order valence-electron chi connectivity index (χ1n) is 10.5. The zero-order valence-electron chi connectivity index (χ0n) is 19.3. The number of carbonyl (C=O) groups excluding carboxylic acids is 2. The number of ether oxygens (including phenoxy) is 1. The molecule has 0 saturated heterocycles. The van der Waals surface area contributed by atoms with Crippen molar-refractivity contribution in [2.75, 3.05) is 35.9 Å². The predicted molar refractivity (Wildman–Crippen MR) is 134 cm³/mol. The molecule has 0 aliphatic carbocycles. The molecule has 202 valence electrons. The van der Waals surface area contributed by atoms with E-state index in [0.29, 0.717) is 17.0 Å². The second-order valence-corrected chi connectivity index (χ2v) is 9.51. The lowest BCUT2D eigenvalue weighted by Gasteiger charge is -2.22. The second-order valence-electron chi connectivity index (χ2n) is 7.71. The summed E-state index contributed by atoms with van der Waals surface area (Å²) in [5.41, 5.74) is -5.07. The number of hydrogen-bond donors (Lipinski definition) is 2. The Morgan fingerprint density at radius 2 is 1.73 bits per heavy atom. The Labute approximate surface area is 224 Å². The molecule has 2 amide bonds. The highest BCUT2D eigenvalue weighted by Gasteiger charge is 2.39. The van der Waals surface area contributed by atoms with E-state index in [1.54, 1.807) is 12.1 Å². The maximum Gasteiger partial charge on any atom is 0.423 e. The van der Waals surface area contributed by atoms with Crippen molar-refractivity contribution in [2.45, 2.75) is 23.6 Å². The average molecular weight is 584 g/mol. The molecule has 0 bridgehead atoms. The minimum Gasteiger partial charge on any atom is -0.410 e. The second kappa shape index (κ2) is 13.2. The third kappa shape index (κ3) is 8.95. The fraction of sp³-hybridized carbons (Fsp3) is 0.364. The molecule has 0 spiro atoms. The largest absolute Gasteiger partial charge is 0.423 e. The van der Waals surface area contributed by atoms with Crippen LogP contribution in [0.2, 0.25) is 0 Å². The van der Waals surface area contributed by atoms with Crippen molar-refractivity contribution in [3.63, 3.8) is 0 Å². The quantitative estimate of drug-likeness (QED) is 0.158. The zero-order chi connectivity index (χ0) is 27.8. The van der Waals surface area contributed by atoms with Crippen LogP contribution in [0.15, 0.2) is 47.4 Å². The van der Waals surface area contributed by atoms with E-state index in [2.05, 4.69) is 5.32 Å². The number of nitro groups is 1. The van der Waals surface area contributed by atoms with Crippen molar-refractivity contribution in [3.05, 3.63) is 58.1 Å². The third-order valence-electron chi connectivity index (χ3n) is 4.76. The molecule has 2 aromatic rings. The monoisotopic (exact) mass is 583 g/mol. The Morgan fingerprint density at radius 1 is 1.14 bits per heavy atom. The van der Waals surface area contributed by atoms with Gasteiger partial charge in [0.25, 0.3) is 11.6 Å². The lowest BCUT2D eigenvalue weighted by Crippen LogP contribution is -2.42. The highest BCUT2D eigenvalue weighted by Crippen LogP contribution is 2.37. The van der Waals surface area contributed by atoms with Gasteiger partial charge in [-0.3, -0.25) is 14.9 Å². The van der Waals surface area contributed by atoms with Crippen LogP contribution < -0.4 is 10.1 Å². The van der Waals surface area contributed by atoms with E-state index in [9.17, 15) is 38.0 Å². The number of nitrogens with one attached hydrogen (secondary N) is 1. The van der Waals surface area contributed by atoms with Gasteiger partial charge in [0.15, 0.2) is 0 Å². The van der Waals surface area contributed by atoms with E-state index in [0.717, 1.165) is 17.8 Å². The molecule has 0 radical (unpaired) electrons. The van der Waals surface area contributed by atoms with E-state index in [4.69, 9.17) is 27.9 Å². The number of alkyl halides is 5. The van der Waals surface area contributed by atoms with Crippen LogP contribution in [0.1, 0.15) is 12.5 Å². The third-order valence-corrected chi connectivity index (χ3v) is 6.41. The Hall–Kier alpha value is -2.74. The number of anilines is 1. The smallest absolute Gasteiger partial charge is 0.410 e. The summed E-state index contributed by atoms with van der Waals surface area (Å²) in [7, 11) is 0. The highest BCUT2D eigenvalue weighted by atomic mass is 35.5. The average Bonchev–Trinajstić information content (AvgIpc) is 2.82. The van der Waals surface area contributed by atoms with Gasteiger partial charge >= 0.3 is 12.3 Å². The fourth-order valence-corrected chi connectivity index (χ4v) is 4.14. The van der Waals surface area contributed by atoms with Crippen molar-refractivity contribution in [1.82, 2.24) is 4.90 Å². The van der Waals surface area contributed by atoms with Gasteiger partial charge in [-0.15, -0.1) is 35.0 Å². The SMILES string of the molecule is C[C@](O)(CSc1ccc(OC(=O)N(CCCl)CCCl)cc1)C(=O)Nc1ccc([N+](=O)[O-])c(C(F)(F)F)c1. The number of aliphatic hydroxyl groups is 1. The summed E-state index contributed by atoms with van der Waals surface area (Å²) in [4.78, 5) is 36.4. The van der Waals surface area contributed by atoms with Crippen LogP contribution in [0.5, 0.6) is 5.75 Å². The molecular formula is C22H22Cl2F3N3O6S. The standard InChI is InChI=1S/C22H22Cl2F3N3O6S/c1-21(33,19(31)28-14-2-7-18(30(34)35)17(12-14)22(25,26)27)13-37-16-5-3-15(4-6-16)36-20(32)29(10-8-23)11-9-24/h2-7,12,33H,8-11,13H2,1H3,(H,28,31)/t21-/m0/s1. The van der Waals surface area contributed by atoms with Crippen LogP contribution in [0.3, 0.4) is 0 Å². The number of rotatable bonds is 11. The van der Waals surface area contributed by atoms with Gasteiger partial charge < -0.3 is 20.1 Å². The molecule has 9 nitrogen and oxygen atoms in total. The number of halogens is 5. The first-order chi connectivity index (χ1) is 17.3. The van der Waals surface area contributed by atoms with Crippen LogP contribution in [-0.2, 0) is 11.0 Å². The summed E-state index contributed by atoms with van der Waals surface area (Å²) in [5.74, 6) is -0.528. The molecule has 2 rings (SSSR count). The number of thioether (sulfide) groups is 1. The number of nitrogens with zero attached hydrogens (tertiary/aromatic N) is 2.